The van der Waals surface area contributed by atoms with Crippen LogP contribution in [0.25, 0.3) is 0 Å². The highest BCUT2D eigenvalue weighted by Gasteiger charge is 2.05. The number of nitrogen functional groups attached to an aromatic ring is 1. The van der Waals surface area contributed by atoms with Gasteiger partial charge in [-0.25, -0.2) is 9.97 Å². The third-order valence-corrected chi connectivity index (χ3v) is 2.90. The molecule has 0 amide bonds. The summed E-state index contributed by atoms with van der Waals surface area (Å²) in [5, 5.41) is 0. The van der Waals surface area contributed by atoms with Crippen molar-refractivity contribution >= 4 is 5.69 Å². The number of rotatable bonds is 5. The van der Waals surface area contributed by atoms with Crippen LogP contribution in [0.15, 0.2) is 30.6 Å². The van der Waals surface area contributed by atoms with Crippen molar-refractivity contribution in [2.75, 3.05) is 5.73 Å². The number of ether oxygens (including phenoxy) is 1. The van der Waals surface area contributed by atoms with Crippen molar-refractivity contribution in [1.82, 2.24) is 9.97 Å². The molecule has 0 saturated carbocycles. The first-order valence-corrected chi connectivity index (χ1v) is 6.60. The van der Waals surface area contributed by atoms with Crippen molar-refractivity contribution in [3.63, 3.8) is 0 Å². The maximum atomic E-state index is 5.97. The molecule has 2 rings (SSSR count). The van der Waals surface area contributed by atoms with Crippen molar-refractivity contribution in [1.29, 1.82) is 0 Å². The Balaban J connectivity index is 2.18. The van der Waals surface area contributed by atoms with Crippen LogP contribution < -0.4 is 10.5 Å². The van der Waals surface area contributed by atoms with Crippen LogP contribution in [0.1, 0.15) is 31.5 Å². The summed E-state index contributed by atoms with van der Waals surface area (Å²) in [6.07, 6.45) is 4.45. The number of benzene rings is 1. The fourth-order valence-corrected chi connectivity index (χ4v) is 1.85. The van der Waals surface area contributed by atoms with Crippen LogP contribution in [0.2, 0.25) is 0 Å². The third-order valence-electron chi connectivity index (χ3n) is 2.90. The van der Waals surface area contributed by atoms with Gasteiger partial charge in [0.1, 0.15) is 6.33 Å². The first-order valence-electron chi connectivity index (χ1n) is 6.60. The summed E-state index contributed by atoms with van der Waals surface area (Å²) >= 11 is 0. The minimum Gasteiger partial charge on any atom is -0.437 e. The van der Waals surface area contributed by atoms with Gasteiger partial charge in [0.25, 0.3) is 0 Å². The average molecular weight is 257 g/mol. The second kappa shape index (κ2) is 6.18. The second-order valence-electron chi connectivity index (χ2n) is 4.43. The van der Waals surface area contributed by atoms with Gasteiger partial charge >= 0.3 is 0 Å². The van der Waals surface area contributed by atoms with E-state index >= 15 is 0 Å². The normalized spacial score (nSPS) is 10.4. The summed E-state index contributed by atoms with van der Waals surface area (Å²) in [7, 11) is 0. The van der Waals surface area contributed by atoms with Gasteiger partial charge in [-0.3, -0.25) is 0 Å². The van der Waals surface area contributed by atoms with Crippen LogP contribution in [0.3, 0.4) is 0 Å². The molecule has 0 aliphatic heterocycles. The molecule has 0 aliphatic rings. The third kappa shape index (κ3) is 3.44. The van der Waals surface area contributed by atoms with Crippen LogP contribution in [0.5, 0.6) is 11.6 Å². The monoisotopic (exact) mass is 257 g/mol. The minimum absolute atomic E-state index is 0.536. The number of hydrogen-bond donors (Lipinski definition) is 1. The predicted octanol–water partition coefficient (Wildman–Crippen LogP) is 3.37. The first kappa shape index (κ1) is 13.3. The molecule has 1 aromatic carbocycles. The van der Waals surface area contributed by atoms with E-state index < -0.39 is 0 Å². The zero-order chi connectivity index (χ0) is 13.7. The standard InChI is InChI=1S/C15H19N3O/c1-3-5-12-9-15(18-10-17-12)19-14-7-6-11(4-2)8-13(14)16/h6-10H,3-5,16H2,1-2H3. The minimum atomic E-state index is 0.536. The van der Waals surface area contributed by atoms with Crippen LogP contribution in [-0.4, -0.2) is 9.97 Å². The quantitative estimate of drug-likeness (QED) is 0.834. The number of aryl methyl sites for hydroxylation is 2. The molecule has 100 valence electrons. The molecular formula is C15H19N3O. The molecular weight excluding hydrogens is 238 g/mol. The molecule has 0 fully saturated rings. The van der Waals surface area contributed by atoms with Gasteiger partial charge in [-0.05, 0) is 30.5 Å². The van der Waals surface area contributed by atoms with Gasteiger partial charge in [0.05, 0.1) is 5.69 Å². The number of anilines is 1. The molecule has 0 aliphatic carbocycles. The molecule has 0 saturated heterocycles. The zero-order valence-corrected chi connectivity index (χ0v) is 11.4. The van der Waals surface area contributed by atoms with Gasteiger partial charge < -0.3 is 10.5 Å². The highest BCUT2D eigenvalue weighted by Crippen LogP contribution is 2.27. The molecule has 0 atom stereocenters. The molecule has 1 heterocycles. The number of nitrogens with zero attached hydrogens (tertiary/aromatic N) is 2. The summed E-state index contributed by atoms with van der Waals surface area (Å²) < 4.78 is 5.72. The largest absolute Gasteiger partial charge is 0.437 e. The molecule has 0 spiro atoms. The number of hydrogen-bond acceptors (Lipinski definition) is 4. The number of aromatic nitrogens is 2. The molecule has 0 bridgehead atoms. The molecule has 0 unspecified atom stereocenters. The van der Waals surface area contributed by atoms with Crippen molar-refractivity contribution in [3.05, 3.63) is 41.9 Å². The van der Waals surface area contributed by atoms with Crippen LogP contribution in [0.4, 0.5) is 5.69 Å². The van der Waals surface area contributed by atoms with Gasteiger partial charge in [0.15, 0.2) is 5.75 Å². The van der Waals surface area contributed by atoms with Gasteiger partial charge in [-0.2, -0.15) is 0 Å². The van der Waals surface area contributed by atoms with E-state index in [1.807, 2.05) is 24.3 Å². The van der Waals surface area contributed by atoms with E-state index in [1.54, 1.807) is 0 Å². The molecule has 4 nitrogen and oxygen atoms in total. The molecule has 1 aromatic heterocycles. The lowest BCUT2D eigenvalue weighted by atomic mass is 10.1. The fourth-order valence-electron chi connectivity index (χ4n) is 1.85. The van der Waals surface area contributed by atoms with E-state index in [0.717, 1.165) is 25.0 Å². The van der Waals surface area contributed by atoms with Gasteiger partial charge in [0.2, 0.25) is 5.88 Å². The molecule has 0 radical (unpaired) electrons. The Morgan fingerprint density at radius 1 is 1.16 bits per heavy atom. The SMILES string of the molecule is CCCc1cc(Oc2ccc(CC)cc2N)ncn1. The molecule has 2 N–H and O–H groups in total. The average Bonchev–Trinajstić information content (AvgIpc) is 2.42. The van der Waals surface area contributed by atoms with E-state index in [9.17, 15) is 0 Å². The zero-order valence-electron chi connectivity index (χ0n) is 11.4. The summed E-state index contributed by atoms with van der Waals surface area (Å²) in [5.41, 5.74) is 8.78. The Morgan fingerprint density at radius 2 is 2.00 bits per heavy atom. The smallest absolute Gasteiger partial charge is 0.222 e. The lowest BCUT2D eigenvalue weighted by Crippen LogP contribution is -1.97. The van der Waals surface area contributed by atoms with Crippen molar-refractivity contribution in [2.45, 2.75) is 33.1 Å². The van der Waals surface area contributed by atoms with E-state index in [-0.39, 0.29) is 0 Å². The van der Waals surface area contributed by atoms with E-state index in [2.05, 4.69) is 23.8 Å². The van der Waals surface area contributed by atoms with Crippen LogP contribution >= 0.6 is 0 Å². The molecule has 2 aromatic rings. The highest BCUT2D eigenvalue weighted by atomic mass is 16.5. The maximum absolute atomic E-state index is 5.97. The van der Waals surface area contributed by atoms with Crippen LogP contribution in [-0.2, 0) is 12.8 Å². The van der Waals surface area contributed by atoms with E-state index in [4.69, 9.17) is 10.5 Å². The fraction of sp³-hybridized carbons (Fsp3) is 0.333. The molecule has 19 heavy (non-hydrogen) atoms. The summed E-state index contributed by atoms with van der Waals surface area (Å²) in [6.45, 7) is 4.21. The predicted molar refractivity (Wildman–Crippen MR) is 76.3 cm³/mol. The Hall–Kier alpha value is -2.10. The topological polar surface area (TPSA) is 61.0 Å². The van der Waals surface area contributed by atoms with E-state index in [0.29, 0.717) is 17.3 Å². The molecule has 4 heteroatoms. The van der Waals surface area contributed by atoms with Crippen molar-refractivity contribution < 1.29 is 4.74 Å². The van der Waals surface area contributed by atoms with E-state index in [1.165, 1.54) is 11.9 Å². The van der Waals surface area contributed by atoms with Gasteiger partial charge in [-0.15, -0.1) is 0 Å². The Kier molecular flexibility index (Phi) is 4.34. The van der Waals surface area contributed by atoms with Gasteiger partial charge in [-0.1, -0.05) is 26.3 Å². The van der Waals surface area contributed by atoms with Crippen molar-refractivity contribution in [3.8, 4) is 11.6 Å². The van der Waals surface area contributed by atoms with Gasteiger partial charge in [0, 0.05) is 11.8 Å². The van der Waals surface area contributed by atoms with Crippen LogP contribution in [0, 0.1) is 0 Å². The van der Waals surface area contributed by atoms with Crippen molar-refractivity contribution in [2.24, 2.45) is 0 Å². The number of nitrogens with two attached hydrogens (primary N) is 1. The lowest BCUT2D eigenvalue weighted by Gasteiger charge is -2.09. The lowest BCUT2D eigenvalue weighted by molar-refractivity contribution is 0.462. The second-order valence-corrected chi connectivity index (χ2v) is 4.43. The summed E-state index contributed by atoms with van der Waals surface area (Å²) in [4.78, 5) is 8.31. The summed E-state index contributed by atoms with van der Waals surface area (Å²) in [6, 6.07) is 7.69. The highest BCUT2D eigenvalue weighted by molar-refractivity contribution is 5.55. The Bertz CT molecular complexity index is 555. The first-order chi connectivity index (χ1) is 9.22. The maximum Gasteiger partial charge on any atom is 0.222 e. The summed E-state index contributed by atoms with van der Waals surface area (Å²) in [5.74, 6) is 1.17. The Labute approximate surface area is 113 Å². The Morgan fingerprint density at radius 3 is 2.68 bits per heavy atom.